The number of ether oxygens (including phenoxy) is 1. The molecule has 0 saturated carbocycles. The van der Waals surface area contributed by atoms with Crippen LogP contribution in [0.4, 0.5) is 11.4 Å². The van der Waals surface area contributed by atoms with Crippen LogP contribution in [-0.2, 0) is 14.6 Å². The number of benzene rings is 3. The largest absolute Gasteiger partial charge is 0.506 e. The topological polar surface area (TPSA) is 122 Å². The summed E-state index contributed by atoms with van der Waals surface area (Å²) in [5.41, 5.74) is 0.310. The minimum Gasteiger partial charge on any atom is -0.506 e. The van der Waals surface area contributed by atoms with Gasteiger partial charge in [-0.25, -0.2) is 8.42 Å². The quantitative estimate of drug-likeness (QED) is 0.189. The lowest BCUT2D eigenvalue weighted by atomic mass is 10.1. The van der Waals surface area contributed by atoms with Gasteiger partial charge >= 0.3 is 0 Å². The normalized spacial score (nSPS) is 12.1. The van der Waals surface area contributed by atoms with Crippen LogP contribution in [0.5, 0.6) is 11.5 Å². The predicted octanol–water partition coefficient (Wildman–Crippen LogP) is 6.77. The van der Waals surface area contributed by atoms with E-state index in [9.17, 15) is 23.1 Å². The van der Waals surface area contributed by atoms with Gasteiger partial charge in [-0.15, -0.1) is 0 Å². The van der Waals surface area contributed by atoms with Crippen molar-refractivity contribution in [2.24, 2.45) is 0 Å². The first-order valence-corrected chi connectivity index (χ1v) is 14.0. The summed E-state index contributed by atoms with van der Waals surface area (Å²) in [6.45, 7) is 3.19. The molecule has 2 amide bonds. The smallest absolute Gasteiger partial charge is 0.257 e. The molecule has 8 nitrogen and oxygen atoms in total. The molecule has 38 heavy (non-hydrogen) atoms. The standard InChI is InChI=1S/C25H22Cl4N2O6S/c1-4-21(38(35,36)14-7-5-13(37-3)6-8-14)25(34)30-18-11-20(32)19(10-17(18)27)31-24(33)15-9-16(26)12(2)22(28)23(15)29/h5-11,21,32H,4H2,1-3H3,(H,30,34)(H,31,33). The first-order valence-electron chi connectivity index (χ1n) is 11.0. The van der Waals surface area contributed by atoms with Gasteiger partial charge in [-0.1, -0.05) is 53.3 Å². The highest BCUT2D eigenvalue weighted by atomic mass is 35.5. The number of amides is 2. The van der Waals surface area contributed by atoms with Gasteiger partial charge in [-0.05, 0) is 55.3 Å². The van der Waals surface area contributed by atoms with Gasteiger partial charge in [-0.2, -0.15) is 0 Å². The Morgan fingerprint density at radius 3 is 2.16 bits per heavy atom. The highest BCUT2D eigenvalue weighted by Gasteiger charge is 2.33. The van der Waals surface area contributed by atoms with Gasteiger partial charge in [-0.3, -0.25) is 9.59 Å². The number of nitrogens with one attached hydrogen (secondary N) is 2. The number of carbonyl (C=O) groups excluding carboxylic acids is 2. The van der Waals surface area contributed by atoms with E-state index in [-0.39, 0.29) is 48.3 Å². The molecule has 0 radical (unpaired) electrons. The Kier molecular flexibility index (Phi) is 9.43. The second-order valence-electron chi connectivity index (χ2n) is 8.07. The molecule has 0 aliphatic heterocycles. The SMILES string of the molecule is CCC(C(=O)Nc1cc(O)c(NC(=O)c2cc(Cl)c(C)c(Cl)c2Cl)cc1Cl)S(=O)(=O)c1ccc(OC)cc1. The molecular weight excluding hydrogens is 598 g/mol. The number of halogens is 4. The first-order chi connectivity index (χ1) is 17.8. The minimum absolute atomic E-state index is 0.0239. The Morgan fingerprint density at radius 1 is 0.947 bits per heavy atom. The summed E-state index contributed by atoms with van der Waals surface area (Å²) in [7, 11) is -2.60. The molecule has 1 atom stereocenters. The van der Waals surface area contributed by atoms with Crippen molar-refractivity contribution >= 4 is 79.4 Å². The van der Waals surface area contributed by atoms with Crippen molar-refractivity contribution in [1.82, 2.24) is 0 Å². The molecule has 13 heteroatoms. The second-order valence-corrected chi connectivity index (χ2v) is 11.8. The molecule has 0 spiro atoms. The van der Waals surface area contributed by atoms with E-state index in [2.05, 4.69) is 10.6 Å². The number of hydrogen-bond acceptors (Lipinski definition) is 6. The van der Waals surface area contributed by atoms with Crippen LogP contribution >= 0.6 is 46.4 Å². The third-order valence-electron chi connectivity index (χ3n) is 5.65. The monoisotopic (exact) mass is 618 g/mol. The summed E-state index contributed by atoms with van der Waals surface area (Å²) in [6.07, 6.45) is -0.0274. The maximum atomic E-state index is 13.1. The Labute approximate surface area is 239 Å². The fourth-order valence-corrected chi connectivity index (χ4v) is 6.06. The van der Waals surface area contributed by atoms with Crippen molar-refractivity contribution in [3.8, 4) is 11.5 Å². The molecule has 1 unspecified atom stereocenters. The average Bonchev–Trinajstić information content (AvgIpc) is 2.88. The van der Waals surface area contributed by atoms with Crippen molar-refractivity contribution in [2.45, 2.75) is 30.4 Å². The molecule has 0 aromatic heterocycles. The highest BCUT2D eigenvalue weighted by Crippen LogP contribution is 2.37. The number of rotatable bonds is 8. The zero-order valence-corrected chi connectivity index (χ0v) is 24.1. The van der Waals surface area contributed by atoms with E-state index in [1.165, 1.54) is 43.5 Å². The van der Waals surface area contributed by atoms with Crippen molar-refractivity contribution in [1.29, 1.82) is 0 Å². The van der Waals surface area contributed by atoms with Gasteiger partial charge in [0, 0.05) is 11.1 Å². The third-order valence-corrected chi connectivity index (χ3v) is 9.54. The van der Waals surface area contributed by atoms with E-state index >= 15 is 0 Å². The molecule has 0 aliphatic carbocycles. The lowest BCUT2D eigenvalue weighted by Gasteiger charge is -2.18. The predicted molar refractivity (Wildman–Crippen MR) is 150 cm³/mol. The Hall–Kier alpha value is -2.69. The van der Waals surface area contributed by atoms with Gasteiger partial charge in [0.15, 0.2) is 9.84 Å². The summed E-state index contributed by atoms with van der Waals surface area (Å²) < 4.78 is 31.2. The van der Waals surface area contributed by atoms with Crippen LogP contribution in [0.1, 0.15) is 29.3 Å². The summed E-state index contributed by atoms with van der Waals surface area (Å²) in [4.78, 5) is 25.7. The summed E-state index contributed by atoms with van der Waals surface area (Å²) in [5.74, 6) is -1.56. The minimum atomic E-state index is -4.05. The first kappa shape index (κ1) is 29.9. The number of carbonyl (C=O) groups is 2. The number of phenols is 1. The lowest BCUT2D eigenvalue weighted by Crippen LogP contribution is -2.34. The molecule has 0 bridgehead atoms. The Morgan fingerprint density at radius 2 is 1.58 bits per heavy atom. The zero-order valence-electron chi connectivity index (χ0n) is 20.2. The van der Waals surface area contributed by atoms with E-state index in [0.717, 1.165) is 6.07 Å². The van der Waals surface area contributed by atoms with Crippen molar-refractivity contribution < 1.29 is 27.9 Å². The number of aromatic hydroxyl groups is 1. The van der Waals surface area contributed by atoms with Crippen molar-refractivity contribution in [3.05, 3.63) is 73.7 Å². The van der Waals surface area contributed by atoms with Gasteiger partial charge < -0.3 is 20.5 Å². The number of methoxy groups -OCH3 is 1. The zero-order chi connectivity index (χ0) is 28.4. The van der Waals surface area contributed by atoms with E-state index in [1.54, 1.807) is 13.8 Å². The number of anilines is 2. The van der Waals surface area contributed by atoms with E-state index in [0.29, 0.717) is 11.3 Å². The van der Waals surface area contributed by atoms with E-state index in [1.807, 2.05) is 0 Å². The molecule has 3 aromatic rings. The number of phenolic OH excluding ortho intramolecular Hbond substituents is 1. The average molecular weight is 620 g/mol. The third kappa shape index (κ3) is 6.13. The van der Waals surface area contributed by atoms with Gasteiger partial charge in [0.25, 0.3) is 5.91 Å². The molecule has 3 aromatic carbocycles. The maximum absolute atomic E-state index is 13.1. The van der Waals surface area contributed by atoms with Crippen molar-refractivity contribution in [2.75, 3.05) is 17.7 Å². The van der Waals surface area contributed by atoms with Crippen LogP contribution in [0.15, 0.2) is 47.4 Å². The van der Waals surface area contributed by atoms with E-state index < -0.39 is 32.7 Å². The molecule has 0 saturated heterocycles. The molecule has 3 N–H and O–H groups in total. The molecule has 3 rings (SSSR count). The van der Waals surface area contributed by atoms with Crippen LogP contribution in [0.2, 0.25) is 20.1 Å². The summed E-state index contributed by atoms with van der Waals surface area (Å²) in [6, 6.07) is 9.26. The van der Waals surface area contributed by atoms with Gasteiger partial charge in [0.2, 0.25) is 5.91 Å². The lowest BCUT2D eigenvalue weighted by molar-refractivity contribution is -0.115. The second kappa shape index (κ2) is 12.0. The fraction of sp³-hybridized carbons (Fsp3) is 0.200. The Balaban J connectivity index is 1.83. The van der Waals surface area contributed by atoms with Gasteiger partial charge in [0.05, 0.1) is 44.0 Å². The van der Waals surface area contributed by atoms with Crippen LogP contribution < -0.4 is 15.4 Å². The van der Waals surface area contributed by atoms with Crippen LogP contribution in [0.25, 0.3) is 0 Å². The summed E-state index contributed by atoms with van der Waals surface area (Å²) >= 11 is 24.7. The molecule has 0 fully saturated rings. The summed E-state index contributed by atoms with van der Waals surface area (Å²) in [5, 5.41) is 14.2. The van der Waals surface area contributed by atoms with E-state index in [4.69, 9.17) is 51.1 Å². The van der Waals surface area contributed by atoms with Gasteiger partial charge in [0.1, 0.15) is 16.7 Å². The highest BCUT2D eigenvalue weighted by molar-refractivity contribution is 7.92. The Bertz CT molecular complexity index is 1510. The maximum Gasteiger partial charge on any atom is 0.257 e. The fourth-order valence-electron chi connectivity index (χ4n) is 3.49. The number of sulfone groups is 1. The van der Waals surface area contributed by atoms with Crippen LogP contribution in [0, 0.1) is 6.92 Å². The van der Waals surface area contributed by atoms with Crippen molar-refractivity contribution in [3.63, 3.8) is 0 Å². The number of hydrogen-bond donors (Lipinski definition) is 3. The van der Waals surface area contributed by atoms with Crippen LogP contribution in [0.3, 0.4) is 0 Å². The molecule has 0 heterocycles. The van der Waals surface area contributed by atoms with Crippen LogP contribution in [-0.4, -0.2) is 37.7 Å². The molecule has 202 valence electrons. The molecular formula is C25H22Cl4N2O6S. The molecule has 0 aliphatic rings.